The van der Waals surface area contributed by atoms with Crippen LogP contribution in [0.25, 0.3) is 11.3 Å². The third kappa shape index (κ3) is 4.56. The van der Waals surface area contributed by atoms with Crippen LogP contribution in [0.5, 0.6) is 5.75 Å². The van der Waals surface area contributed by atoms with Crippen molar-refractivity contribution >= 4 is 27.8 Å². The lowest BCUT2D eigenvalue weighted by molar-refractivity contribution is -0.170. The Bertz CT molecular complexity index is 1290. The van der Waals surface area contributed by atoms with Gasteiger partial charge in [-0.05, 0) is 106 Å². The summed E-state index contributed by atoms with van der Waals surface area (Å²) in [4.78, 5) is 28.7. The summed E-state index contributed by atoms with van der Waals surface area (Å²) in [5.74, 6) is -1.45. The van der Waals surface area contributed by atoms with E-state index in [9.17, 15) is 14.7 Å². The molecular weight excluding hydrogens is 552 g/mol. The van der Waals surface area contributed by atoms with Crippen LogP contribution in [0.3, 0.4) is 0 Å². The van der Waals surface area contributed by atoms with Crippen LogP contribution in [-0.4, -0.2) is 57.0 Å². The zero-order chi connectivity index (χ0) is 27.6. The first-order valence-corrected chi connectivity index (χ1v) is 14.2. The summed E-state index contributed by atoms with van der Waals surface area (Å²) in [6.45, 7) is 13.0. The lowest BCUT2D eigenvalue weighted by atomic mass is 9.92. The van der Waals surface area contributed by atoms with Crippen molar-refractivity contribution in [2.24, 2.45) is 0 Å². The van der Waals surface area contributed by atoms with Crippen LogP contribution in [0.4, 0.5) is 0 Å². The van der Waals surface area contributed by atoms with E-state index in [4.69, 9.17) is 14.2 Å². The van der Waals surface area contributed by atoms with Crippen molar-refractivity contribution in [2.45, 2.75) is 97.3 Å². The number of amides is 1. The van der Waals surface area contributed by atoms with Crippen molar-refractivity contribution in [3.8, 4) is 17.0 Å². The zero-order valence-electron chi connectivity index (χ0n) is 23.0. The molecule has 0 bridgehead atoms. The minimum absolute atomic E-state index is 0.0498. The maximum atomic E-state index is 14.0. The van der Waals surface area contributed by atoms with Gasteiger partial charge in [0.05, 0.1) is 12.3 Å². The van der Waals surface area contributed by atoms with Crippen molar-refractivity contribution in [3.05, 3.63) is 39.0 Å². The van der Waals surface area contributed by atoms with Gasteiger partial charge in [0.15, 0.2) is 11.9 Å². The molecule has 3 aliphatic heterocycles. The molecule has 2 aromatic rings. The van der Waals surface area contributed by atoms with E-state index in [0.717, 1.165) is 58.4 Å². The van der Waals surface area contributed by atoms with Crippen molar-refractivity contribution in [2.75, 3.05) is 13.2 Å². The van der Waals surface area contributed by atoms with Crippen molar-refractivity contribution in [3.63, 3.8) is 0 Å². The first kappa shape index (κ1) is 27.2. The van der Waals surface area contributed by atoms with Crippen LogP contribution in [0.2, 0.25) is 0 Å². The number of ether oxygens (including phenoxy) is 3. The molecule has 206 valence electrons. The van der Waals surface area contributed by atoms with Crippen LogP contribution < -0.4 is 0 Å². The van der Waals surface area contributed by atoms with Crippen LogP contribution in [-0.2, 0) is 38.4 Å². The molecule has 0 radical (unpaired) electrons. The van der Waals surface area contributed by atoms with Gasteiger partial charge < -0.3 is 28.8 Å². The summed E-state index contributed by atoms with van der Waals surface area (Å²) < 4.78 is 20.3. The van der Waals surface area contributed by atoms with E-state index in [2.05, 4.69) is 41.3 Å². The molecule has 38 heavy (non-hydrogen) atoms. The van der Waals surface area contributed by atoms with Crippen LogP contribution >= 0.6 is 15.9 Å². The summed E-state index contributed by atoms with van der Waals surface area (Å²) in [7, 11) is 0. The van der Waals surface area contributed by atoms with E-state index in [0.29, 0.717) is 18.5 Å². The second-order valence-electron chi connectivity index (χ2n) is 11.8. The lowest BCUT2D eigenvalue weighted by Gasteiger charge is -2.37. The first-order valence-electron chi connectivity index (χ1n) is 13.4. The number of aromatic nitrogens is 1. The summed E-state index contributed by atoms with van der Waals surface area (Å²) in [6.07, 6.45) is 1.59. The highest BCUT2D eigenvalue weighted by Gasteiger charge is 2.48. The number of esters is 1. The molecule has 9 heteroatoms. The van der Waals surface area contributed by atoms with Gasteiger partial charge in [-0.2, -0.15) is 0 Å². The molecule has 2 atom stereocenters. The molecule has 5 rings (SSSR count). The van der Waals surface area contributed by atoms with E-state index in [1.165, 1.54) is 0 Å². The second kappa shape index (κ2) is 9.68. The Labute approximate surface area is 232 Å². The molecule has 1 aromatic carbocycles. The topological polar surface area (TPSA) is 90.2 Å². The van der Waals surface area contributed by atoms with Gasteiger partial charge in [0, 0.05) is 34.2 Å². The summed E-state index contributed by atoms with van der Waals surface area (Å²) in [6, 6.07) is 3.65. The van der Waals surface area contributed by atoms with E-state index in [1.807, 2.05) is 11.0 Å². The highest BCUT2D eigenvalue weighted by molar-refractivity contribution is 9.10. The molecule has 1 aromatic heterocycles. The smallest absolute Gasteiger partial charge is 0.338 e. The van der Waals surface area contributed by atoms with Gasteiger partial charge in [-0.15, -0.1) is 0 Å². The Morgan fingerprint density at radius 1 is 1.16 bits per heavy atom. The average Bonchev–Trinajstić information content (AvgIpc) is 3.29. The van der Waals surface area contributed by atoms with Crippen LogP contribution in [0.1, 0.15) is 87.7 Å². The van der Waals surface area contributed by atoms with E-state index in [-0.39, 0.29) is 23.8 Å². The van der Waals surface area contributed by atoms with Gasteiger partial charge in [-0.1, -0.05) is 0 Å². The Morgan fingerprint density at radius 3 is 2.58 bits per heavy atom. The fraction of sp³-hybridized carbons (Fsp3) is 0.586. The fourth-order valence-electron chi connectivity index (χ4n) is 5.96. The van der Waals surface area contributed by atoms with Gasteiger partial charge in [0.2, 0.25) is 0 Å². The number of phenolic OH excluding ortho intramolecular Hbond substituents is 1. The highest BCUT2D eigenvalue weighted by atomic mass is 79.9. The molecule has 1 N–H and O–H groups in total. The number of halogens is 1. The van der Waals surface area contributed by atoms with Gasteiger partial charge >= 0.3 is 5.97 Å². The number of aromatic hydroxyl groups is 1. The molecule has 3 aliphatic rings. The SMILES string of the molecule is CCOC(=O)[C@@H]1OC(C)(C)O[C@H]1c1cc2c(cc1O)CCn1c3c(c(Br)c1-2)CCCCN(C(C)(C)C)C3=O. The highest BCUT2D eigenvalue weighted by Crippen LogP contribution is 2.48. The summed E-state index contributed by atoms with van der Waals surface area (Å²) >= 11 is 3.87. The number of benzene rings is 1. The van der Waals surface area contributed by atoms with Gasteiger partial charge in [-0.25, -0.2) is 4.79 Å². The molecule has 1 saturated heterocycles. The predicted molar refractivity (Wildman–Crippen MR) is 146 cm³/mol. The normalized spacial score (nSPS) is 22.8. The number of rotatable bonds is 3. The fourth-order valence-corrected chi connectivity index (χ4v) is 6.78. The third-order valence-electron chi connectivity index (χ3n) is 7.65. The zero-order valence-corrected chi connectivity index (χ0v) is 24.6. The average molecular weight is 590 g/mol. The minimum Gasteiger partial charge on any atom is -0.508 e. The van der Waals surface area contributed by atoms with E-state index < -0.39 is 24.0 Å². The third-order valence-corrected chi connectivity index (χ3v) is 8.50. The molecule has 4 heterocycles. The Balaban J connectivity index is 1.65. The lowest BCUT2D eigenvalue weighted by Crippen LogP contribution is -2.47. The van der Waals surface area contributed by atoms with E-state index >= 15 is 0 Å². The Morgan fingerprint density at radius 2 is 1.89 bits per heavy atom. The first-order chi connectivity index (χ1) is 17.8. The van der Waals surface area contributed by atoms with Gasteiger partial charge in [-0.3, -0.25) is 4.79 Å². The Kier molecular flexibility index (Phi) is 6.93. The molecule has 0 saturated carbocycles. The molecule has 1 fully saturated rings. The standard InChI is InChI=1S/C29H37BrN2O6/c1-7-36-27(35)25-24(37-29(5,6)38-25)19-15-18-16(14-20(19)33)11-13-31-22(18)21(30)17-10-8-9-12-32(28(2,3)4)26(34)23(17)31/h14-15,24-25,33H,7-13H2,1-6H3/t24-,25+/m0/s1. The molecule has 0 aliphatic carbocycles. The van der Waals surface area contributed by atoms with Crippen LogP contribution in [0.15, 0.2) is 16.6 Å². The number of aryl methyl sites for hydroxylation is 1. The van der Waals surface area contributed by atoms with Gasteiger partial charge in [0.1, 0.15) is 17.5 Å². The second-order valence-corrected chi connectivity index (χ2v) is 12.6. The minimum atomic E-state index is -1.02. The summed E-state index contributed by atoms with van der Waals surface area (Å²) in [5.41, 5.74) is 4.77. The number of phenols is 1. The number of nitrogens with zero attached hydrogens (tertiary/aromatic N) is 2. The largest absolute Gasteiger partial charge is 0.508 e. The number of fused-ring (bicyclic) bond motifs is 5. The van der Waals surface area contributed by atoms with Crippen molar-refractivity contribution in [1.82, 2.24) is 9.47 Å². The van der Waals surface area contributed by atoms with Gasteiger partial charge in [0.25, 0.3) is 5.91 Å². The van der Waals surface area contributed by atoms with Crippen molar-refractivity contribution in [1.29, 1.82) is 0 Å². The Hall–Kier alpha value is -2.36. The molecule has 0 unspecified atom stereocenters. The van der Waals surface area contributed by atoms with E-state index in [1.54, 1.807) is 26.8 Å². The predicted octanol–water partition coefficient (Wildman–Crippen LogP) is 5.51. The molecule has 1 amide bonds. The number of carbonyl (C=O) groups is 2. The summed E-state index contributed by atoms with van der Waals surface area (Å²) in [5, 5.41) is 11.1. The monoisotopic (exact) mass is 588 g/mol. The van der Waals surface area contributed by atoms with Crippen LogP contribution in [0, 0.1) is 0 Å². The molecule has 0 spiro atoms. The molecular formula is C29H37BrN2O6. The van der Waals surface area contributed by atoms with Crippen molar-refractivity contribution < 1.29 is 28.9 Å². The maximum absolute atomic E-state index is 14.0. The number of carbonyl (C=O) groups excluding carboxylic acids is 2. The number of hydrogen-bond acceptors (Lipinski definition) is 6. The maximum Gasteiger partial charge on any atom is 0.338 e. The quantitative estimate of drug-likeness (QED) is 0.475. The number of hydrogen-bond donors (Lipinski definition) is 1. The molecule has 8 nitrogen and oxygen atoms in total.